The largest absolute Gasteiger partial charge is 0.496 e. The van der Waals surface area contributed by atoms with Crippen molar-refractivity contribution in [2.24, 2.45) is 0 Å². The first-order valence-electron chi connectivity index (χ1n) is 12.1. The maximum Gasteiger partial charge on any atom is 0.323 e. The van der Waals surface area contributed by atoms with Gasteiger partial charge in [0.1, 0.15) is 18.1 Å². The van der Waals surface area contributed by atoms with E-state index in [9.17, 15) is 9.59 Å². The molecule has 0 aliphatic carbocycles. The number of Topliss-reactive ketones (excluding diaryl/α,β-unsaturated/α-hetero) is 1. The Morgan fingerprint density at radius 2 is 1.61 bits per heavy atom. The van der Waals surface area contributed by atoms with Gasteiger partial charge in [0, 0.05) is 35.6 Å². The molecule has 3 aromatic carbocycles. The summed E-state index contributed by atoms with van der Waals surface area (Å²) in [6, 6.07) is 13.8. The molecule has 0 radical (unpaired) electrons. The number of carbonyl (C=O) groups excluding carboxylic acids is 2. The lowest BCUT2D eigenvalue weighted by atomic mass is 9.99. The molecule has 3 aromatic rings. The van der Waals surface area contributed by atoms with E-state index in [0.717, 1.165) is 17.7 Å². The first-order chi connectivity index (χ1) is 18.2. The van der Waals surface area contributed by atoms with Crippen LogP contribution in [0.4, 0.5) is 16.2 Å². The molecule has 0 heterocycles. The van der Waals surface area contributed by atoms with Gasteiger partial charge in [-0.25, -0.2) is 4.79 Å². The van der Waals surface area contributed by atoms with E-state index in [1.54, 1.807) is 43.5 Å². The highest BCUT2D eigenvalue weighted by Crippen LogP contribution is 2.42. The second kappa shape index (κ2) is 12.8. The van der Waals surface area contributed by atoms with Crippen molar-refractivity contribution in [2.45, 2.75) is 13.8 Å². The van der Waals surface area contributed by atoms with Crippen LogP contribution in [0.3, 0.4) is 0 Å². The van der Waals surface area contributed by atoms with E-state index in [2.05, 4.69) is 10.6 Å². The standard InChI is InChI=1S/C29H35N3O6/c1-18-8-10-22(38-13-12-32(3)4)17-25(18)31-29(34)30-21-15-24(28(37-7)27(16-21)36-6)20-9-11-23(19(2)33)26(14-20)35-5/h8-11,14-17H,12-13H2,1-7H3,(H2,30,31,34). The van der Waals surface area contributed by atoms with Crippen molar-refractivity contribution in [1.29, 1.82) is 0 Å². The second-order valence-corrected chi connectivity index (χ2v) is 8.94. The van der Waals surface area contributed by atoms with Crippen LogP contribution in [0.2, 0.25) is 0 Å². The number of ether oxygens (including phenoxy) is 4. The summed E-state index contributed by atoms with van der Waals surface area (Å²) in [4.78, 5) is 27.0. The van der Waals surface area contributed by atoms with Crippen LogP contribution in [0.25, 0.3) is 11.1 Å². The number of nitrogens with zero attached hydrogens (tertiary/aromatic N) is 1. The maximum absolute atomic E-state index is 13.0. The fraction of sp³-hybridized carbons (Fsp3) is 0.310. The van der Waals surface area contributed by atoms with E-state index < -0.39 is 6.03 Å². The van der Waals surface area contributed by atoms with Gasteiger partial charge in [-0.2, -0.15) is 0 Å². The molecule has 0 saturated carbocycles. The van der Waals surface area contributed by atoms with Crippen LogP contribution in [0.15, 0.2) is 48.5 Å². The van der Waals surface area contributed by atoms with Crippen LogP contribution < -0.4 is 29.6 Å². The Hall–Kier alpha value is -4.24. The van der Waals surface area contributed by atoms with Crippen molar-refractivity contribution in [2.75, 3.05) is 59.2 Å². The molecular weight excluding hydrogens is 486 g/mol. The third-order valence-corrected chi connectivity index (χ3v) is 5.89. The number of nitrogens with one attached hydrogen (secondary N) is 2. The Bertz CT molecular complexity index is 1310. The molecule has 202 valence electrons. The summed E-state index contributed by atoms with van der Waals surface area (Å²) < 4.78 is 22.4. The second-order valence-electron chi connectivity index (χ2n) is 8.94. The average molecular weight is 522 g/mol. The first-order valence-corrected chi connectivity index (χ1v) is 12.1. The molecule has 0 aliphatic rings. The minimum absolute atomic E-state index is 0.104. The molecule has 2 N–H and O–H groups in total. The van der Waals surface area contributed by atoms with Gasteiger partial charge in [0.15, 0.2) is 17.3 Å². The van der Waals surface area contributed by atoms with Gasteiger partial charge in [0.2, 0.25) is 0 Å². The van der Waals surface area contributed by atoms with Crippen molar-refractivity contribution >= 4 is 23.2 Å². The number of methoxy groups -OCH3 is 3. The van der Waals surface area contributed by atoms with Gasteiger partial charge in [-0.15, -0.1) is 0 Å². The van der Waals surface area contributed by atoms with E-state index in [1.165, 1.54) is 21.1 Å². The SMILES string of the molecule is COc1cc(-c2cc(NC(=O)Nc3cc(OCCN(C)C)ccc3C)cc(OC)c2OC)ccc1C(C)=O. The highest BCUT2D eigenvalue weighted by Gasteiger charge is 2.18. The molecule has 0 aliphatic heterocycles. The fourth-order valence-electron chi connectivity index (χ4n) is 3.86. The van der Waals surface area contributed by atoms with Crippen LogP contribution >= 0.6 is 0 Å². The minimum Gasteiger partial charge on any atom is -0.496 e. The Balaban J connectivity index is 1.88. The molecule has 3 rings (SSSR count). The number of benzene rings is 3. The normalized spacial score (nSPS) is 10.6. The maximum atomic E-state index is 13.0. The van der Waals surface area contributed by atoms with Gasteiger partial charge in [-0.1, -0.05) is 12.1 Å². The number of amides is 2. The Morgan fingerprint density at radius 1 is 0.868 bits per heavy atom. The molecule has 0 fully saturated rings. The number of hydrogen-bond acceptors (Lipinski definition) is 7. The molecule has 0 unspecified atom stereocenters. The molecule has 2 amide bonds. The Labute approximate surface area is 223 Å². The Kier molecular flexibility index (Phi) is 9.56. The van der Waals surface area contributed by atoms with E-state index in [4.69, 9.17) is 18.9 Å². The molecule has 9 nitrogen and oxygen atoms in total. The van der Waals surface area contributed by atoms with Crippen LogP contribution in [0, 0.1) is 6.92 Å². The van der Waals surface area contributed by atoms with E-state index in [1.807, 2.05) is 38.1 Å². The van der Waals surface area contributed by atoms with Crippen molar-refractivity contribution in [3.05, 3.63) is 59.7 Å². The van der Waals surface area contributed by atoms with E-state index >= 15 is 0 Å². The van der Waals surface area contributed by atoms with Gasteiger partial charge < -0.3 is 34.5 Å². The lowest BCUT2D eigenvalue weighted by Crippen LogP contribution is -2.21. The Morgan fingerprint density at radius 3 is 2.24 bits per heavy atom. The van der Waals surface area contributed by atoms with E-state index in [-0.39, 0.29) is 5.78 Å². The fourth-order valence-corrected chi connectivity index (χ4v) is 3.86. The zero-order valence-corrected chi connectivity index (χ0v) is 22.9. The lowest BCUT2D eigenvalue weighted by molar-refractivity contribution is 0.101. The topological polar surface area (TPSA) is 98.4 Å². The zero-order valence-electron chi connectivity index (χ0n) is 22.9. The average Bonchev–Trinajstić information content (AvgIpc) is 2.89. The number of anilines is 2. The predicted octanol–water partition coefficient (Wildman–Crippen LogP) is 5.47. The summed E-state index contributed by atoms with van der Waals surface area (Å²) in [5.74, 6) is 1.92. The van der Waals surface area contributed by atoms with Crippen LogP contribution in [-0.2, 0) is 0 Å². The number of ketones is 1. The smallest absolute Gasteiger partial charge is 0.323 e. The van der Waals surface area contributed by atoms with Gasteiger partial charge in [0.25, 0.3) is 0 Å². The summed E-state index contributed by atoms with van der Waals surface area (Å²) in [6.45, 7) is 4.71. The third-order valence-electron chi connectivity index (χ3n) is 5.89. The number of likely N-dealkylation sites (N-methyl/N-ethyl adjacent to an activating group) is 1. The van der Waals surface area contributed by atoms with E-state index in [0.29, 0.717) is 52.1 Å². The molecule has 0 spiro atoms. The molecular formula is C29H35N3O6. The summed E-state index contributed by atoms with van der Waals surface area (Å²) in [6.07, 6.45) is 0. The zero-order chi connectivity index (χ0) is 27.8. The first kappa shape index (κ1) is 28.3. The summed E-state index contributed by atoms with van der Waals surface area (Å²) in [7, 11) is 8.53. The van der Waals surface area contributed by atoms with Crippen LogP contribution in [0.5, 0.6) is 23.0 Å². The van der Waals surface area contributed by atoms with Gasteiger partial charge in [-0.05, 0) is 63.3 Å². The lowest BCUT2D eigenvalue weighted by Gasteiger charge is -2.18. The van der Waals surface area contributed by atoms with Gasteiger partial charge in [0.05, 0.1) is 26.9 Å². The molecule has 0 atom stereocenters. The van der Waals surface area contributed by atoms with Crippen molar-refractivity contribution in [3.8, 4) is 34.1 Å². The number of rotatable bonds is 11. The summed E-state index contributed by atoms with van der Waals surface area (Å²) in [5, 5.41) is 5.76. The quantitative estimate of drug-likeness (QED) is 0.323. The summed E-state index contributed by atoms with van der Waals surface area (Å²) >= 11 is 0. The minimum atomic E-state index is -0.429. The van der Waals surface area contributed by atoms with Crippen molar-refractivity contribution < 1.29 is 28.5 Å². The molecule has 38 heavy (non-hydrogen) atoms. The predicted molar refractivity (Wildman–Crippen MR) is 149 cm³/mol. The molecule has 0 aromatic heterocycles. The van der Waals surface area contributed by atoms with Crippen LogP contribution in [-0.4, -0.2) is 65.3 Å². The molecule has 9 heteroatoms. The van der Waals surface area contributed by atoms with Crippen molar-refractivity contribution in [1.82, 2.24) is 4.90 Å². The van der Waals surface area contributed by atoms with Crippen LogP contribution in [0.1, 0.15) is 22.8 Å². The third kappa shape index (κ3) is 6.95. The monoisotopic (exact) mass is 521 g/mol. The van der Waals surface area contributed by atoms with Gasteiger partial charge >= 0.3 is 6.03 Å². The molecule has 0 bridgehead atoms. The number of carbonyl (C=O) groups is 2. The molecule has 0 saturated heterocycles. The van der Waals surface area contributed by atoms with Gasteiger partial charge in [-0.3, -0.25) is 4.79 Å². The highest BCUT2D eigenvalue weighted by atomic mass is 16.5. The highest BCUT2D eigenvalue weighted by molar-refractivity contribution is 6.01. The number of hydrogen-bond donors (Lipinski definition) is 2. The number of aryl methyl sites for hydroxylation is 1. The number of urea groups is 1. The summed E-state index contributed by atoms with van der Waals surface area (Å²) in [5.41, 5.74) is 3.87. The van der Waals surface area contributed by atoms with Crippen molar-refractivity contribution in [3.63, 3.8) is 0 Å².